The van der Waals surface area contributed by atoms with Gasteiger partial charge in [0.05, 0.1) is 13.7 Å². The number of guanidine groups is 1. The molecule has 0 aliphatic rings. The normalized spacial score (nSPS) is 11.3. The number of aliphatic imine (C=N–C) groups is 1. The maximum atomic E-state index is 5.36. The number of ether oxygens (including phenoxy) is 1. The molecule has 1 aromatic carbocycles. The SMILES string of the molecule is CCNC(=NCc1ccon1)NCCc1ccc(C)c(OC)c1. The highest BCUT2D eigenvalue weighted by atomic mass is 16.5. The zero-order valence-corrected chi connectivity index (χ0v) is 13.9. The topological polar surface area (TPSA) is 71.7 Å². The van der Waals surface area contributed by atoms with E-state index in [0.717, 1.165) is 42.5 Å². The number of hydrogen-bond donors (Lipinski definition) is 2. The van der Waals surface area contributed by atoms with Gasteiger partial charge in [-0.1, -0.05) is 17.3 Å². The quantitative estimate of drug-likeness (QED) is 0.606. The van der Waals surface area contributed by atoms with Crippen LogP contribution in [0.2, 0.25) is 0 Å². The van der Waals surface area contributed by atoms with E-state index >= 15 is 0 Å². The van der Waals surface area contributed by atoms with Crippen molar-refractivity contribution in [1.29, 1.82) is 0 Å². The molecule has 0 fully saturated rings. The van der Waals surface area contributed by atoms with Crippen LogP contribution in [0.4, 0.5) is 0 Å². The molecule has 0 atom stereocenters. The van der Waals surface area contributed by atoms with Gasteiger partial charge in [-0.05, 0) is 37.5 Å². The third-order valence-corrected chi connectivity index (χ3v) is 3.41. The van der Waals surface area contributed by atoms with E-state index in [0.29, 0.717) is 6.54 Å². The fourth-order valence-electron chi connectivity index (χ4n) is 2.17. The van der Waals surface area contributed by atoms with E-state index in [1.54, 1.807) is 13.4 Å². The lowest BCUT2D eigenvalue weighted by atomic mass is 10.1. The second-order valence-corrected chi connectivity index (χ2v) is 5.17. The lowest BCUT2D eigenvalue weighted by Crippen LogP contribution is -2.38. The largest absolute Gasteiger partial charge is 0.496 e. The van der Waals surface area contributed by atoms with Crippen LogP contribution >= 0.6 is 0 Å². The molecular weight excluding hydrogens is 292 g/mol. The van der Waals surface area contributed by atoms with Crippen LogP contribution in [0.5, 0.6) is 5.75 Å². The zero-order chi connectivity index (χ0) is 16.5. The number of hydrogen-bond acceptors (Lipinski definition) is 4. The number of aromatic nitrogens is 1. The third-order valence-electron chi connectivity index (χ3n) is 3.41. The number of benzene rings is 1. The van der Waals surface area contributed by atoms with Gasteiger partial charge in [0.1, 0.15) is 17.7 Å². The minimum atomic E-state index is 0.490. The summed E-state index contributed by atoms with van der Waals surface area (Å²) in [7, 11) is 1.70. The number of aryl methyl sites for hydroxylation is 1. The molecule has 2 aromatic rings. The van der Waals surface area contributed by atoms with E-state index in [1.165, 1.54) is 5.56 Å². The highest BCUT2D eigenvalue weighted by molar-refractivity contribution is 5.79. The molecule has 1 heterocycles. The van der Waals surface area contributed by atoms with Crippen molar-refractivity contribution in [3.63, 3.8) is 0 Å². The summed E-state index contributed by atoms with van der Waals surface area (Å²) in [4.78, 5) is 4.48. The van der Waals surface area contributed by atoms with Crippen LogP contribution in [-0.2, 0) is 13.0 Å². The lowest BCUT2D eigenvalue weighted by molar-refractivity contribution is 0.411. The first kappa shape index (κ1) is 16.9. The molecule has 0 aliphatic heterocycles. The van der Waals surface area contributed by atoms with Gasteiger partial charge in [0, 0.05) is 19.2 Å². The molecule has 6 heteroatoms. The number of nitrogens with one attached hydrogen (secondary N) is 2. The van der Waals surface area contributed by atoms with Crippen LogP contribution < -0.4 is 15.4 Å². The third kappa shape index (κ3) is 5.32. The summed E-state index contributed by atoms with van der Waals surface area (Å²) in [5, 5.41) is 10.4. The van der Waals surface area contributed by atoms with Crippen molar-refractivity contribution in [2.75, 3.05) is 20.2 Å². The van der Waals surface area contributed by atoms with E-state index in [-0.39, 0.29) is 0 Å². The Morgan fingerprint density at radius 2 is 2.17 bits per heavy atom. The van der Waals surface area contributed by atoms with Gasteiger partial charge in [0.15, 0.2) is 5.96 Å². The predicted octanol–water partition coefficient (Wildman–Crippen LogP) is 2.29. The Kier molecular flexibility index (Phi) is 6.47. The Morgan fingerprint density at radius 1 is 1.30 bits per heavy atom. The lowest BCUT2D eigenvalue weighted by Gasteiger charge is -2.12. The fourth-order valence-corrected chi connectivity index (χ4v) is 2.17. The maximum absolute atomic E-state index is 5.36. The van der Waals surface area contributed by atoms with Crippen molar-refractivity contribution in [3.8, 4) is 5.75 Å². The maximum Gasteiger partial charge on any atom is 0.191 e. The molecule has 1 aromatic heterocycles. The van der Waals surface area contributed by atoms with Crippen LogP contribution in [0.3, 0.4) is 0 Å². The van der Waals surface area contributed by atoms with E-state index in [4.69, 9.17) is 9.26 Å². The first-order valence-corrected chi connectivity index (χ1v) is 7.78. The van der Waals surface area contributed by atoms with Crippen LogP contribution in [0.15, 0.2) is 40.0 Å². The average Bonchev–Trinajstić information content (AvgIpc) is 3.07. The second kappa shape index (κ2) is 8.82. The van der Waals surface area contributed by atoms with E-state index in [9.17, 15) is 0 Å². The molecule has 0 spiro atoms. The summed E-state index contributed by atoms with van der Waals surface area (Å²) >= 11 is 0. The van der Waals surface area contributed by atoms with Crippen molar-refractivity contribution in [1.82, 2.24) is 15.8 Å². The fraction of sp³-hybridized carbons (Fsp3) is 0.412. The second-order valence-electron chi connectivity index (χ2n) is 5.17. The molecule has 0 bridgehead atoms. The molecule has 6 nitrogen and oxygen atoms in total. The smallest absolute Gasteiger partial charge is 0.191 e. The Labute approximate surface area is 136 Å². The van der Waals surface area contributed by atoms with Crippen molar-refractivity contribution in [3.05, 3.63) is 47.3 Å². The van der Waals surface area contributed by atoms with Crippen molar-refractivity contribution in [2.45, 2.75) is 26.8 Å². The van der Waals surface area contributed by atoms with Gasteiger partial charge in [-0.25, -0.2) is 4.99 Å². The minimum absolute atomic E-state index is 0.490. The van der Waals surface area contributed by atoms with Crippen LogP contribution in [0.1, 0.15) is 23.7 Å². The van der Waals surface area contributed by atoms with Crippen LogP contribution in [0, 0.1) is 6.92 Å². The Morgan fingerprint density at radius 3 is 2.87 bits per heavy atom. The van der Waals surface area contributed by atoms with E-state index in [1.807, 2.05) is 19.9 Å². The van der Waals surface area contributed by atoms with Crippen LogP contribution in [-0.4, -0.2) is 31.3 Å². The molecule has 0 saturated heterocycles. The molecule has 0 radical (unpaired) electrons. The summed E-state index contributed by atoms with van der Waals surface area (Å²) in [6.07, 6.45) is 2.45. The molecule has 0 aliphatic carbocycles. The standard InChI is InChI=1S/C17H24N4O2/c1-4-18-17(20-12-15-8-10-23-21-15)19-9-7-14-6-5-13(2)16(11-14)22-3/h5-6,8,10-11H,4,7,9,12H2,1-3H3,(H2,18,19,20). The monoisotopic (exact) mass is 316 g/mol. The van der Waals surface area contributed by atoms with Crippen molar-refractivity contribution in [2.24, 2.45) is 4.99 Å². The van der Waals surface area contributed by atoms with Crippen molar-refractivity contribution < 1.29 is 9.26 Å². The predicted molar refractivity (Wildman–Crippen MR) is 90.8 cm³/mol. The van der Waals surface area contributed by atoms with Crippen LogP contribution in [0.25, 0.3) is 0 Å². The molecule has 2 N–H and O–H groups in total. The summed E-state index contributed by atoms with van der Waals surface area (Å²) < 4.78 is 10.2. The van der Waals surface area contributed by atoms with Gasteiger partial charge in [-0.2, -0.15) is 0 Å². The zero-order valence-electron chi connectivity index (χ0n) is 13.9. The van der Waals surface area contributed by atoms with Gasteiger partial charge in [-0.3, -0.25) is 0 Å². The number of methoxy groups -OCH3 is 1. The van der Waals surface area contributed by atoms with Gasteiger partial charge < -0.3 is 19.9 Å². The Balaban J connectivity index is 1.87. The first-order valence-electron chi connectivity index (χ1n) is 7.78. The Hall–Kier alpha value is -2.50. The molecular formula is C17H24N4O2. The van der Waals surface area contributed by atoms with E-state index in [2.05, 4.69) is 39.0 Å². The molecule has 0 amide bonds. The first-order chi connectivity index (χ1) is 11.2. The van der Waals surface area contributed by atoms with Gasteiger partial charge in [-0.15, -0.1) is 0 Å². The van der Waals surface area contributed by atoms with Gasteiger partial charge >= 0.3 is 0 Å². The average molecular weight is 316 g/mol. The Bertz CT molecular complexity index is 624. The van der Waals surface area contributed by atoms with Gasteiger partial charge in [0.25, 0.3) is 0 Å². The summed E-state index contributed by atoms with van der Waals surface area (Å²) in [6.45, 7) is 6.17. The number of nitrogens with zero attached hydrogens (tertiary/aromatic N) is 2. The highest BCUT2D eigenvalue weighted by Gasteiger charge is 2.02. The molecule has 0 saturated carbocycles. The molecule has 23 heavy (non-hydrogen) atoms. The van der Waals surface area contributed by atoms with Crippen molar-refractivity contribution >= 4 is 5.96 Å². The number of rotatable bonds is 7. The molecule has 0 unspecified atom stereocenters. The summed E-state index contributed by atoms with van der Waals surface area (Å²) in [5.41, 5.74) is 3.18. The molecule has 124 valence electrons. The van der Waals surface area contributed by atoms with Gasteiger partial charge in [0.2, 0.25) is 0 Å². The van der Waals surface area contributed by atoms with E-state index < -0.39 is 0 Å². The highest BCUT2D eigenvalue weighted by Crippen LogP contribution is 2.18. The minimum Gasteiger partial charge on any atom is -0.496 e. The molecule has 2 rings (SSSR count). The summed E-state index contributed by atoms with van der Waals surface area (Å²) in [6, 6.07) is 8.10. The summed E-state index contributed by atoms with van der Waals surface area (Å²) in [5.74, 6) is 1.70.